The molecule has 0 aliphatic carbocycles. The molecule has 3 aromatic rings. The minimum absolute atomic E-state index is 0.150. The van der Waals surface area contributed by atoms with Crippen LogP contribution in [0.2, 0.25) is 0 Å². The molecular weight excluding hydrogens is 350 g/mol. The molecule has 0 fully saturated rings. The van der Waals surface area contributed by atoms with E-state index in [2.05, 4.69) is 0 Å². The molecule has 0 spiro atoms. The normalized spacial score (nSPS) is 12.3. The fraction of sp³-hybridized carbons (Fsp3) is 0.200. The van der Waals surface area contributed by atoms with Crippen LogP contribution >= 0.6 is 0 Å². The Morgan fingerprint density at radius 3 is 2.78 bits per heavy atom. The van der Waals surface area contributed by atoms with E-state index in [9.17, 15) is 14.7 Å². The third-order valence-corrected chi connectivity index (χ3v) is 4.50. The number of hydrogen-bond donors (Lipinski definition) is 1. The van der Waals surface area contributed by atoms with Crippen LogP contribution in [0.25, 0.3) is 10.9 Å². The highest BCUT2D eigenvalue weighted by Crippen LogP contribution is 2.33. The van der Waals surface area contributed by atoms with Gasteiger partial charge in [0.25, 0.3) is 0 Å². The molecule has 0 saturated heterocycles. The Kier molecular flexibility index (Phi) is 4.19. The maximum atomic E-state index is 13.0. The zero-order valence-electron chi connectivity index (χ0n) is 14.6. The standard InChI is InChI=1S/C20H17NO6/c1-25-14-3-4-16-15(8-14)20(24)13(9-21(16)10-19(22)23)6-12-2-5-17-18(7-12)27-11-26-17/h2-5,7-9H,6,10-11H2,1H3,(H,22,23). The van der Waals surface area contributed by atoms with Crippen molar-refractivity contribution >= 4 is 16.9 Å². The third kappa shape index (κ3) is 3.19. The van der Waals surface area contributed by atoms with Crippen LogP contribution in [0.3, 0.4) is 0 Å². The first-order chi connectivity index (χ1) is 13.0. The summed E-state index contributed by atoms with van der Waals surface area (Å²) in [5.41, 5.74) is 1.78. The molecule has 2 heterocycles. The van der Waals surface area contributed by atoms with Crippen LogP contribution in [0, 0.1) is 0 Å². The summed E-state index contributed by atoms with van der Waals surface area (Å²) < 4.78 is 17.5. The van der Waals surface area contributed by atoms with Gasteiger partial charge in [0, 0.05) is 23.6 Å². The largest absolute Gasteiger partial charge is 0.497 e. The zero-order chi connectivity index (χ0) is 19.0. The number of carboxylic acid groups (broad SMARTS) is 1. The van der Waals surface area contributed by atoms with E-state index in [4.69, 9.17) is 14.2 Å². The Morgan fingerprint density at radius 2 is 2.00 bits per heavy atom. The molecule has 0 saturated carbocycles. The molecule has 0 amide bonds. The summed E-state index contributed by atoms with van der Waals surface area (Å²) in [5, 5.41) is 9.65. The lowest BCUT2D eigenvalue weighted by molar-refractivity contribution is -0.137. The zero-order valence-corrected chi connectivity index (χ0v) is 14.6. The highest BCUT2D eigenvalue weighted by Gasteiger charge is 2.16. The molecule has 0 unspecified atom stereocenters. The molecule has 1 aliphatic heterocycles. The Morgan fingerprint density at radius 1 is 1.19 bits per heavy atom. The highest BCUT2D eigenvalue weighted by molar-refractivity contribution is 5.82. The van der Waals surface area contributed by atoms with Crippen LogP contribution in [0.1, 0.15) is 11.1 Å². The number of carbonyl (C=O) groups is 1. The Balaban J connectivity index is 1.82. The predicted octanol–water partition coefficient (Wildman–Crippen LogP) is 2.41. The molecular formula is C20H17NO6. The average molecular weight is 367 g/mol. The minimum atomic E-state index is -0.982. The first-order valence-electron chi connectivity index (χ1n) is 8.35. The van der Waals surface area contributed by atoms with E-state index >= 15 is 0 Å². The number of benzene rings is 2. The third-order valence-electron chi connectivity index (χ3n) is 4.50. The summed E-state index contributed by atoms with van der Waals surface area (Å²) in [7, 11) is 1.52. The van der Waals surface area contributed by atoms with Gasteiger partial charge in [0.05, 0.1) is 12.6 Å². The lowest BCUT2D eigenvalue weighted by Gasteiger charge is -2.13. The van der Waals surface area contributed by atoms with E-state index in [-0.39, 0.29) is 18.8 Å². The molecule has 0 atom stereocenters. The van der Waals surface area contributed by atoms with Crippen molar-refractivity contribution in [2.75, 3.05) is 13.9 Å². The fourth-order valence-electron chi connectivity index (χ4n) is 3.24. The van der Waals surface area contributed by atoms with Crippen molar-refractivity contribution in [1.82, 2.24) is 4.57 Å². The van der Waals surface area contributed by atoms with Gasteiger partial charge in [-0.1, -0.05) is 6.07 Å². The Labute approximate surface area is 154 Å². The minimum Gasteiger partial charge on any atom is -0.497 e. The summed E-state index contributed by atoms with van der Waals surface area (Å²) in [6.07, 6.45) is 1.96. The van der Waals surface area contributed by atoms with Crippen LogP contribution in [-0.4, -0.2) is 29.5 Å². The van der Waals surface area contributed by atoms with Gasteiger partial charge in [0.1, 0.15) is 12.3 Å². The summed E-state index contributed by atoms with van der Waals surface area (Å²) in [4.78, 5) is 24.3. The second kappa shape index (κ2) is 6.68. The number of methoxy groups -OCH3 is 1. The van der Waals surface area contributed by atoms with Crippen LogP contribution in [0.4, 0.5) is 0 Å². The molecule has 1 aromatic heterocycles. The fourth-order valence-corrected chi connectivity index (χ4v) is 3.24. The number of aromatic nitrogens is 1. The van der Waals surface area contributed by atoms with Crippen LogP contribution < -0.4 is 19.6 Å². The van der Waals surface area contributed by atoms with E-state index in [1.54, 1.807) is 35.0 Å². The van der Waals surface area contributed by atoms with E-state index < -0.39 is 5.97 Å². The quantitative estimate of drug-likeness (QED) is 0.745. The van der Waals surface area contributed by atoms with Crippen molar-refractivity contribution in [1.29, 1.82) is 0 Å². The number of nitrogens with zero attached hydrogens (tertiary/aromatic N) is 1. The smallest absolute Gasteiger partial charge is 0.323 e. The van der Waals surface area contributed by atoms with Crippen molar-refractivity contribution in [3.63, 3.8) is 0 Å². The molecule has 1 N–H and O–H groups in total. The summed E-state index contributed by atoms with van der Waals surface area (Å²) >= 11 is 0. The number of pyridine rings is 1. The van der Waals surface area contributed by atoms with Crippen molar-refractivity contribution in [3.8, 4) is 17.2 Å². The van der Waals surface area contributed by atoms with Crippen molar-refractivity contribution in [2.24, 2.45) is 0 Å². The number of aliphatic carboxylic acids is 1. The molecule has 4 rings (SSSR count). The van der Waals surface area contributed by atoms with Gasteiger partial charge in [-0.3, -0.25) is 9.59 Å². The average Bonchev–Trinajstić information content (AvgIpc) is 3.12. The number of hydrogen-bond acceptors (Lipinski definition) is 5. The number of carboxylic acids is 1. The Bertz CT molecular complexity index is 1100. The topological polar surface area (TPSA) is 87.0 Å². The maximum Gasteiger partial charge on any atom is 0.323 e. The number of fused-ring (bicyclic) bond motifs is 2. The molecule has 0 radical (unpaired) electrons. The second-order valence-electron chi connectivity index (χ2n) is 6.25. The van der Waals surface area contributed by atoms with Crippen molar-refractivity contribution < 1.29 is 24.1 Å². The SMILES string of the molecule is COc1ccc2c(c1)c(=O)c(Cc1ccc3c(c1)OCO3)cn2CC(=O)O. The second-order valence-corrected chi connectivity index (χ2v) is 6.25. The van der Waals surface area contributed by atoms with Gasteiger partial charge in [-0.25, -0.2) is 0 Å². The summed E-state index contributed by atoms with van der Waals surface area (Å²) in [6, 6.07) is 10.5. The Hall–Kier alpha value is -3.48. The van der Waals surface area contributed by atoms with Gasteiger partial charge in [0.15, 0.2) is 16.9 Å². The molecule has 27 heavy (non-hydrogen) atoms. The van der Waals surface area contributed by atoms with Gasteiger partial charge in [-0.15, -0.1) is 0 Å². The van der Waals surface area contributed by atoms with E-state index in [0.29, 0.717) is 40.1 Å². The van der Waals surface area contributed by atoms with Crippen LogP contribution in [0.5, 0.6) is 17.2 Å². The molecule has 1 aliphatic rings. The summed E-state index contributed by atoms with van der Waals surface area (Å²) in [6.45, 7) is -0.0583. The van der Waals surface area contributed by atoms with Gasteiger partial charge in [0.2, 0.25) is 6.79 Å². The lowest BCUT2D eigenvalue weighted by Crippen LogP contribution is -2.18. The first kappa shape index (κ1) is 17.0. The molecule has 7 nitrogen and oxygen atoms in total. The van der Waals surface area contributed by atoms with Gasteiger partial charge in [-0.05, 0) is 35.9 Å². The van der Waals surface area contributed by atoms with Crippen LogP contribution in [0.15, 0.2) is 47.4 Å². The van der Waals surface area contributed by atoms with Crippen LogP contribution in [-0.2, 0) is 17.8 Å². The molecule has 7 heteroatoms. The maximum absolute atomic E-state index is 13.0. The summed E-state index contributed by atoms with van der Waals surface area (Å²) in [5.74, 6) is 0.873. The lowest BCUT2D eigenvalue weighted by atomic mass is 10.0. The number of ether oxygens (including phenoxy) is 3. The van der Waals surface area contributed by atoms with Gasteiger partial charge >= 0.3 is 5.97 Å². The monoisotopic (exact) mass is 367 g/mol. The molecule has 0 bridgehead atoms. The predicted molar refractivity (Wildman–Crippen MR) is 97.8 cm³/mol. The van der Waals surface area contributed by atoms with E-state index in [0.717, 1.165) is 5.56 Å². The molecule has 138 valence electrons. The van der Waals surface area contributed by atoms with Gasteiger partial charge < -0.3 is 23.9 Å². The number of rotatable bonds is 5. The van der Waals surface area contributed by atoms with E-state index in [1.165, 1.54) is 7.11 Å². The van der Waals surface area contributed by atoms with Crippen molar-refractivity contribution in [2.45, 2.75) is 13.0 Å². The highest BCUT2D eigenvalue weighted by atomic mass is 16.7. The van der Waals surface area contributed by atoms with Gasteiger partial charge in [-0.2, -0.15) is 0 Å². The van der Waals surface area contributed by atoms with E-state index in [1.807, 2.05) is 12.1 Å². The first-order valence-corrected chi connectivity index (χ1v) is 8.35. The van der Waals surface area contributed by atoms with Crippen molar-refractivity contribution in [3.05, 3.63) is 63.9 Å². The molecule has 2 aromatic carbocycles.